The van der Waals surface area contributed by atoms with Crippen LogP contribution in [-0.4, -0.2) is 69.3 Å². The number of aliphatic hydroxyl groups is 6. The molecule has 2 unspecified atom stereocenters. The van der Waals surface area contributed by atoms with Gasteiger partial charge in [0.05, 0.1) is 25.4 Å². The Kier molecular flexibility index (Phi) is 26.1. The molecule has 0 aliphatic carbocycles. The molecule has 0 aromatic rings. The lowest BCUT2D eigenvalue weighted by molar-refractivity contribution is 0.0438. The van der Waals surface area contributed by atoms with Crippen LogP contribution >= 0.6 is 0 Å². The van der Waals surface area contributed by atoms with Crippen LogP contribution in [-0.2, 0) is 0 Å². The molecule has 0 aliphatic heterocycles. The standard InChI is InChI=1S/C4H10O2.C3H8O2.C2H6O2/c1-3(5)4(2)6;4-2-1-3-5;3-1-2-4/h3-6H,1-2H3;4-5H,1-3H2;3-4H,1-2H2. The van der Waals surface area contributed by atoms with E-state index in [2.05, 4.69) is 0 Å². The van der Waals surface area contributed by atoms with Crippen LogP contribution < -0.4 is 0 Å². The second-order valence-corrected chi connectivity index (χ2v) is 2.73. The molecule has 0 spiro atoms. The topological polar surface area (TPSA) is 121 Å². The fraction of sp³-hybridized carbons (Fsp3) is 1.00. The van der Waals surface area contributed by atoms with E-state index in [1.807, 2.05) is 0 Å². The summed E-state index contributed by atoms with van der Waals surface area (Å²) in [6.45, 7) is 3.03. The number of hydrogen-bond donors (Lipinski definition) is 6. The molecule has 0 aromatic carbocycles. The van der Waals surface area contributed by atoms with E-state index in [4.69, 9.17) is 30.6 Å². The number of aliphatic hydroxyl groups excluding tert-OH is 6. The smallest absolute Gasteiger partial charge is 0.0768 e. The molecule has 15 heavy (non-hydrogen) atoms. The minimum absolute atomic E-state index is 0.0938. The predicted octanol–water partition coefficient (Wildman–Crippen LogP) is -1.92. The molecule has 2 atom stereocenters. The van der Waals surface area contributed by atoms with Crippen LogP contribution in [0.1, 0.15) is 20.3 Å². The van der Waals surface area contributed by atoms with Gasteiger partial charge in [-0.25, -0.2) is 0 Å². The molecular formula is C9H24O6. The minimum atomic E-state index is -0.593. The summed E-state index contributed by atoms with van der Waals surface area (Å²) in [6.07, 6.45) is -0.685. The van der Waals surface area contributed by atoms with Gasteiger partial charge in [0.1, 0.15) is 0 Å². The maximum Gasteiger partial charge on any atom is 0.0768 e. The minimum Gasteiger partial charge on any atom is -0.396 e. The zero-order chi connectivity index (χ0) is 12.7. The molecule has 0 saturated carbocycles. The van der Waals surface area contributed by atoms with Crippen LogP contribution in [0.25, 0.3) is 0 Å². The highest BCUT2D eigenvalue weighted by Crippen LogP contribution is 1.85. The van der Waals surface area contributed by atoms with Crippen molar-refractivity contribution in [2.45, 2.75) is 32.5 Å². The van der Waals surface area contributed by atoms with Crippen LogP contribution in [0, 0.1) is 0 Å². The van der Waals surface area contributed by atoms with Crippen molar-refractivity contribution in [1.82, 2.24) is 0 Å². The van der Waals surface area contributed by atoms with Crippen molar-refractivity contribution in [1.29, 1.82) is 0 Å². The average molecular weight is 228 g/mol. The third-order valence-electron chi connectivity index (χ3n) is 1.11. The molecule has 0 fully saturated rings. The zero-order valence-corrected chi connectivity index (χ0v) is 9.37. The fourth-order valence-corrected chi connectivity index (χ4v) is 0.0707. The molecule has 0 amide bonds. The molecule has 0 rings (SSSR count). The summed E-state index contributed by atoms with van der Waals surface area (Å²) < 4.78 is 0. The lowest BCUT2D eigenvalue weighted by Gasteiger charge is -2.03. The molecular weight excluding hydrogens is 204 g/mol. The zero-order valence-electron chi connectivity index (χ0n) is 9.37. The van der Waals surface area contributed by atoms with Crippen molar-refractivity contribution >= 4 is 0 Å². The van der Waals surface area contributed by atoms with Crippen LogP contribution in [0.4, 0.5) is 0 Å². The highest BCUT2D eigenvalue weighted by molar-refractivity contribution is 4.50. The monoisotopic (exact) mass is 228 g/mol. The van der Waals surface area contributed by atoms with E-state index >= 15 is 0 Å². The second kappa shape index (κ2) is 19.4. The summed E-state index contributed by atoms with van der Waals surface area (Å²) in [6, 6.07) is 0. The van der Waals surface area contributed by atoms with E-state index < -0.39 is 12.2 Å². The van der Waals surface area contributed by atoms with Crippen LogP contribution in [0.3, 0.4) is 0 Å². The summed E-state index contributed by atoms with van der Waals surface area (Å²) >= 11 is 0. The van der Waals surface area contributed by atoms with E-state index in [0.29, 0.717) is 6.42 Å². The second-order valence-electron chi connectivity index (χ2n) is 2.73. The Balaban J connectivity index is -0.000000147. The van der Waals surface area contributed by atoms with Crippen molar-refractivity contribution in [2.24, 2.45) is 0 Å². The summed E-state index contributed by atoms with van der Waals surface area (Å²) in [4.78, 5) is 0. The van der Waals surface area contributed by atoms with E-state index in [1.165, 1.54) is 0 Å². The first-order chi connectivity index (χ1) is 6.97. The van der Waals surface area contributed by atoms with Gasteiger partial charge in [-0.1, -0.05) is 0 Å². The van der Waals surface area contributed by atoms with Gasteiger partial charge in [-0.2, -0.15) is 0 Å². The van der Waals surface area contributed by atoms with Crippen LogP contribution in [0.15, 0.2) is 0 Å². The van der Waals surface area contributed by atoms with Crippen molar-refractivity contribution in [3.63, 3.8) is 0 Å². The Bertz CT molecular complexity index is 76.7. The van der Waals surface area contributed by atoms with E-state index in [-0.39, 0.29) is 26.4 Å². The Labute approximate surface area is 90.4 Å². The number of rotatable bonds is 4. The van der Waals surface area contributed by atoms with Gasteiger partial charge in [-0.3, -0.25) is 0 Å². The molecule has 0 aromatic heterocycles. The predicted molar refractivity (Wildman–Crippen MR) is 56.3 cm³/mol. The first-order valence-corrected chi connectivity index (χ1v) is 4.77. The first kappa shape index (κ1) is 20.2. The van der Waals surface area contributed by atoms with E-state index in [0.717, 1.165) is 0 Å². The molecule has 0 aliphatic rings. The van der Waals surface area contributed by atoms with Crippen LogP contribution in [0.5, 0.6) is 0 Å². The van der Waals surface area contributed by atoms with Gasteiger partial charge in [0.15, 0.2) is 0 Å². The van der Waals surface area contributed by atoms with Gasteiger partial charge in [0.25, 0.3) is 0 Å². The van der Waals surface area contributed by atoms with E-state index in [1.54, 1.807) is 13.8 Å². The van der Waals surface area contributed by atoms with Gasteiger partial charge in [-0.15, -0.1) is 0 Å². The lowest BCUT2D eigenvalue weighted by Crippen LogP contribution is -2.17. The quantitative estimate of drug-likeness (QED) is 0.333. The molecule has 0 heterocycles. The van der Waals surface area contributed by atoms with E-state index in [9.17, 15) is 0 Å². The molecule has 0 radical (unpaired) electrons. The molecule has 0 saturated heterocycles. The molecule has 6 nitrogen and oxygen atoms in total. The Morgan fingerprint density at radius 2 is 0.933 bits per heavy atom. The van der Waals surface area contributed by atoms with Gasteiger partial charge >= 0.3 is 0 Å². The summed E-state index contributed by atoms with van der Waals surface area (Å²) in [5.41, 5.74) is 0. The molecule has 6 N–H and O–H groups in total. The van der Waals surface area contributed by atoms with Crippen molar-refractivity contribution in [2.75, 3.05) is 26.4 Å². The SMILES string of the molecule is CC(O)C(C)O.OCCCO.OCCO. The van der Waals surface area contributed by atoms with Crippen molar-refractivity contribution in [3.8, 4) is 0 Å². The average Bonchev–Trinajstić information content (AvgIpc) is 2.20. The van der Waals surface area contributed by atoms with Gasteiger partial charge in [-0.05, 0) is 20.3 Å². The number of hydrogen-bond acceptors (Lipinski definition) is 6. The summed E-state index contributed by atoms with van der Waals surface area (Å²) in [5.74, 6) is 0. The van der Waals surface area contributed by atoms with Crippen LogP contribution in [0.2, 0.25) is 0 Å². The fourth-order valence-electron chi connectivity index (χ4n) is 0.0707. The largest absolute Gasteiger partial charge is 0.396 e. The third kappa shape index (κ3) is 41.6. The summed E-state index contributed by atoms with van der Waals surface area (Å²) in [7, 11) is 0. The lowest BCUT2D eigenvalue weighted by atomic mass is 10.3. The van der Waals surface area contributed by atoms with Gasteiger partial charge < -0.3 is 30.6 Å². The maximum atomic E-state index is 8.38. The molecule has 0 bridgehead atoms. The summed E-state index contributed by atoms with van der Waals surface area (Å²) in [5, 5.41) is 47.8. The maximum absolute atomic E-state index is 8.38. The Morgan fingerprint density at radius 1 is 0.667 bits per heavy atom. The third-order valence-corrected chi connectivity index (χ3v) is 1.11. The normalized spacial score (nSPS) is 12.8. The highest BCUT2D eigenvalue weighted by Gasteiger charge is 1.99. The van der Waals surface area contributed by atoms with Crippen molar-refractivity contribution in [3.05, 3.63) is 0 Å². The van der Waals surface area contributed by atoms with Gasteiger partial charge in [0, 0.05) is 13.2 Å². The molecule has 96 valence electrons. The first-order valence-electron chi connectivity index (χ1n) is 4.77. The highest BCUT2D eigenvalue weighted by atomic mass is 16.3. The van der Waals surface area contributed by atoms with Gasteiger partial charge in [0.2, 0.25) is 0 Å². The van der Waals surface area contributed by atoms with Crippen molar-refractivity contribution < 1.29 is 30.6 Å². The Hall–Kier alpha value is -0.240. The molecule has 6 heteroatoms. The Morgan fingerprint density at radius 3 is 0.933 bits per heavy atom.